The molecule has 3 aromatic heterocycles. The smallest absolute Gasteiger partial charge is 0.238 e. The van der Waals surface area contributed by atoms with Gasteiger partial charge in [-0.05, 0) is 68.4 Å². The molecule has 1 N–H and O–H groups in total. The highest BCUT2D eigenvalue weighted by atomic mass is 32.2. The van der Waals surface area contributed by atoms with Crippen molar-refractivity contribution >= 4 is 45.7 Å². The summed E-state index contributed by atoms with van der Waals surface area (Å²) in [4.78, 5) is 28.6. The number of ether oxygens (including phenoxy) is 2. The molecule has 0 saturated heterocycles. The highest BCUT2D eigenvalue weighted by molar-refractivity contribution is 7.98. The van der Waals surface area contributed by atoms with E-state index < -0.39 is 0 Å². The van der Waals surface area contributed by atoms with Gasteiger partial charge < -0.3 is 23.8 Å². The third-order valence-corrected chi connectivity index (χ3v) is 10.7. The van der Waals surface area contributed by atoms with Gasteiger partial charge in [0.15, 0.2) is 5.16 Å². The van der Waals surface area contributed by atoms with Crippen molar-refractivity contribution in [3.05, 3.63) is 131 Å². The van der Waals surface area contributed by atoms with E-state index in [4.69, 9.17) is 23.9 Å². The molecule has 0 aliphatic carbocycles. The van der Waals surface area contributed by atoms with E-state index in [-0.39, 0.29) is 12.5 Å². The molecule has 0 atom stereocenters. The maximum atomic E-state index is 12.4. The number of benzene rings is 4. The van der Waals surface area contributed by atoms with Crippen molar-refractivity contribution in [1.82, 2.24) is 24.4 Å². The molecule has 1 amide bonds. The first-order chi connectivity index (χ1) is 26.8. The summed E-state index contributed by atoms with van der Waals surface area (Å²) in [6.45, 7) is 9.14. The van der Waals surface area contributed by atoms with Crippen molar-refractivity contribution < 1.29 is 18.7 Å². The summed E-state index contributed by atoms with van der Waals surface area (Å²) in [5.41, 5.74) is 9.30. The van der Waals surface area contributed by atoms with Gasteiger partial charge in [-0.3, -0.25) is 9.69 Å². The summed E-state index contributed by atoms with van der Waals surface area (Å²) >= 11 is 3.41. The lowest BCUT2D eigenvalue weighted by Crippen LogP contribution is -2.32. The highest BCUT2D eigenvalue weighted by Crippen LogP contribution is 2.30. The molecule has 0 saturated carbocycles. The average molecular weight is 775 g/mol. The molecular weight excluding hydrogens is 729 g/mol. The number of oxazole rings is 1. The van der Waals surface area contributed by atoms with E-state index in [1.807, 2.05) is 85.5 Å². The van der Waals surface area contributed by atoms with E-state index >= 15 is 0 Å². The average Bonchev–Trinajstić information content (AvgIpc) is 3.96. The topological polar surface area (TPSA) is 108 Å². The van der Waals surface area contributed by atoms with Crippen LogP contribution in [0.2, 0.25) is 0 Å². The Hall–Kier alpha value is -5.27. The zero-order valence-electron chi connectivity index (χ0n) is 31.8. The molecule has 0 radical (unpaired) electrons. The fourth-order valence-corrected chi connectivity index (χ4v) is 7.80. The number of para-hydroxylation sites is 2. The van der Waals surface area contributed by atoms with Crippen LogP contribution < -0.4 is 10.1 Å². The van der Waals surface area contributed by atoms with Crippen molar-refractivity contribution in [2.45, 2.75) is 44.8 Å². The summed E-state index contributed by atoms with van der Waals surface area (Å²) in [5, 5.41) is 7.12. The number of carbonyl (C=O) groups excluding carboxylic acids is 1. The SMILES string of the molecule is CCN(CC(=O)Nc1ccc(OC)cc1)Cc1coc(-c2ccc(C)cc2C)n1.COCCn1c(SCc2csc(-c3ccccc3)n2)nc2ccccc21. The molecule has 0 aliphatic heterocycles. The Labute approximate surface area is 330 Å². The van der Waals surface area contributed by atoms with Crippen molar-refractivity contribution in [3.63, 3.8) is 0 Å². The van der Waals surface area contributed by atoms with E-state index in [1.54, 1.807) is 43.6 Å². The minimum absolute atomic E-state index is 0.0740. The van der Waals surface area contributed by atoms with Gasteiger partial charge in [0.1, 0.15) is 17.0 Å². The Morgan fingerprint density at radius 3 is 2.45 bits per heavy atom. The van der Waals surface area contributed by atoms with E-state index in [0.29, 0.717) is 19.0 Å². The van der Waals surface area contributed by atoms with Crippen molar-refractivity contribution in [2.24, 2.45) is 0 Å². The lowest BCUT2D eigenvalue weighted by Gasteiger charge is -2.18. The quantitative estimate of drug-likeness (QED) is 0.102. The zero-order chi connectivity index (χ0) is 38.6. The van der Waals surface area contributed by atoms with Crippen molar-refractivity contribution in [2.75, 3.05) is 39.2 Å². The molecule has 55 heavy (non-hydrogen) atoms. The van der Waals surface area contributed by atoms with E-state index in [9.17, 15) is 4.79 Å². The first-order valence-corrected chi connectivity index (χ1v) is 19.9. The van der Waals surface area contributed by atoms with E-state index in [2.05, 4.69) is 57.5 Å². The molecule has 3 heterocycles. The minimum Gasteiger partial charge on any atom is -0.497 e. The number of fused-ring (bicyclic) bond motifs is 1. The van der Waals surface area contributed by atoms with E-state index in [1.165, 1.54) is 11.1 Å². The van der Waals surface area contributed by atoms with Crippen molar-refractivity contribution in [1.29, 1.82) is 0 Å². The number of carbonyl (C=O) groups is 1. The number of hydrogen-bond acceptors (Lipinski definition) is 10. The molecule has 0 bridgehead atoms. The highest BCUT2D eigenvalue weighted by Gasteiger charge is 2.15. The Morgan fingerprint density at radius 2 is 1.71 bits per heavy atom. The predicted molar refractivity (Wildman–Crippen MR) is 223 cm³/mol. The number of rotatable bonds is 15. The number of aryl methyl sites for hydroxylation is 2. The number of amides is 1. The van der Waals surface area contributed by atoms with Gasteiger partial charge >= 0.3 is 0 Å². The molecular formula is C43H46N6O4S2. The van der Waals surface area contributed by atoms with Gasteiger partial charge in [0, 0.05) is 48.1 Å². The fourth-order valence-electron chi connectivity index (χ4n) is 5.93. The number of thiazole rings is 1. The second kappa shape index (κ2) is 19.4. The lowest BCUT2D eigenvalue weighted by atomic mass is 10.1. The summed E-state index contributed by atoms with van der Waals surface area (Å²) in [6.07, 6.45) is 1.67. The van der Waals surface area contributed by atoms with Crippen LogP contribution in [-0.4, -0.2) is 64.2 Å². The van der Waals surface area contributed by atoms with Gasteiger partial charge in [0.05, 0.1) is 42.7 Å². The van der Waals surface area contributed by atoms with Gasteiger partial charge in [-0.15, -0.1) is 11.3 Å². The van der Waals surface area contributed by atoms with Crippen LogP contribution in [0.25, 0.3) is 33.1 Å². The van der Waals surface area contributed by atoms with E-state index in [0.717, 1.165) is 74.0 Å². The monoisotopic (exact) mass is 774 g/mol. The molecule has 0 aliphatic rings. The summed E-state index contributed by atoms with van der Waals surface area (Å²) in [6, 6.07) is 32.0. The normalized spacial score (nSPS) is 11.1. The molecule has 284 valence electrons. The number of aromatic nitrogens is 4. The Kier molecular flexibility index (Phi) is 13.9. The molecule has 0 fully saturated rings. The number of imidazole rings is 1. The number of nitrogens with zero attached hydrogens (tertiary/aromatic N) is 5. The third-order valence-electron chi connectivity index (χ3n) is 8.80. The Morgan fingerprint density at radius 1 is 0.927 bits per heavy atom. The molecule has 0 unspecified atom stereocenters. The molecule has 7 aromatic rings. The summed E-state index contributed by atoms with van der Waals surface area (Å²) < 4.78 is 18.3. The number of hydrogen-bond donors (Lipinski definition) is 1. The minimum atomic E-state index is -0.0740. The molecule has 7 rings (SSSR count). The number of likely N-dealkylation sites (N-methyl/N-ethyl adjacent to an activating group) is 1. The maximum Gasteiger partial charge on any atom is 0.238 e. The molecule has 12 heteroatoms. The van der Waals surface area contributed by atoms with Gasteiger partial charge in [-0.25, -0.2) is 15.0 Å². The first-order valence-electron chi connectivity index (χ1n) is 18.1. The van der Waals surface area contributed by atoms with Crippen LogP contribution in [0.4, 0.5) is 5.69 Å². The number of thioether (sulfide) groups is 1. The van der Waals surface area contributed by atoms with Crippen LogP contribution in [0.1, 0.15) is 29.4 Å². The lowest BCUT2D eigenvalue weighted by molar-refractivity contribution is -0.117. The second-order valence-corrected chi connectivity index (χ2v) is 14.7. The van der Waals surface area contributed by atoms with Crippen LogP contribution >= 0.6 is 23.1 Å². The maximum absolute atomic E-state index is 12.4. The zero-order valence-corrected chi connectivity index (χ0v) is 33.5. The predicted octanol–water partition coefficient (Wildman–Crippen LogP) is 9.53. The molecule has 10 nitrogen and oxygen atoms in total. The third kappa shape index (κ3) is 10.7. The number of anilines is 1. The number of nitrogens with one attached hydrogen (secondary N) is 1. The van der Waals surface area contributed by atoms with Gasteiger partial charge in [0.25, 0.3) is 0 Å². The van der Waals surface area contributed by atoms with Crippen molar-refractivity contribution in [3.8, 4) is 27.8 Å². The Bertz CT molecular complexity index is 2280. The van der Waals surface area contributed by atoms with Gasteiger partial charge in [0.2, 0.25) is 11.8 Å². The van der Waals surface area contributed by atoms with Gasteiger partial charge in [-0.2, -0.15) is 0 Å². The number of methoxy groups -OCH3 is 2. The molecule has 4 aromatic carbocycles. The van der Waals surface area contributed by atoms with Crippen LogP contribution in [0.5, 0.6) is 5.75 Å². The summed E-state index contributed by atoms with van der Waals surface area (Å²) in [5.74, 6) is 2.09. The molecule has 0 spiro atoms. The largest absolute Gasteiger partial charge is 0.497 e. The van der Waals surface area contributed by atoms with Crippen LogP contribution in [-0.2, 0) is 28.4 Å². The summed E-state index contributed by atoms with van der Waals surface area (Å²) in [7, 11) is 3.34. The van der Waals surface area contributed by atoms with Crippen LogP contribution in [0.15, 0.2) is 118 Å². The Balaban J connectivity index is 0.000000188. The van der Waals surface area contributed by atoms with Crippen LogP contribution in [0.3, 0.4) is 0 Å². The second-order valence-electron chi connectivity index (χ2n) is 12.9. The standard InChI is InChI=1S/C23H27N3O3.C20H19N3OS2/c1-5-26(14-22(27)24-18-7-9-20(28-4)10-8-18)13-19-15-29-23(25-19)21-11-6-16(2)12-17(21)3;1-24-12-11-23-18-10-6-5-9-17(18)22-20(23)26-14-16-13-25-19(21-16)15-7-3-2-4-8-15/h6-12,15H,5,13-14H2,1-4H3,(H,24,27);2-10,13H,11-12,14H2,1H3. The fraction of sp³-hybridized carbons (Fsp3) is 0.256. The first kappa shape index (κ1) is 39.4. The van der Waals surface area contributed by atoms with Crippen LogP contribution in [0, 0.1) is 13.8 Å². The van der Waals surface area contributed by atoms with Gasteiger partial charge in [-0.1, -0.05) is 78.8 Å².